The number of anilines is 1. The number of halogens is 1. The summed E-state index contributed by atoms with van der Waals surface area (Å²) in [6, 6.07) is 1.65. The summed E-state index contributed by atoms with van der Waals surface area (Å²) in [4.78, 5) is 10.6. The van der Waals surface area contributed by atoms with Crippen LogP contribution in [0, 0.1) is 0 Å². The first kappa shape index (κ1) is 14.0. The summed E-state index contributed by atoms with van der Waals surface area (Å²) in [5, 5.41) is 0.805. The van der Waals surface area contributed by atoms with Gasteiger partial charge in [-0.2, -0.15) is 9.97 Å². The van der Waals surface area contributed by atoms with E-state index in [0.717, 1.165) is 5.33 Å². The Bertz CT molecular complexity index is 363. The minimum atomic E-state index is -0.0998. The maximum absolute atomic E-state index is 5.12. The molecule has 1 rings (SSSR count). The topological polar surface area (TPSA) is 47.5 Å². The van der Waals surface area contributed by atoms with Gasteiger partial charge in [-0.05, 0) is 13.8 Å². The fraction of sp³-hybridized carbons (Fsp3) is 0.636. The van der Waals surface area contributed by atoms with E-state index in [1.807, 2.05) is 11.9 Å². The van der Waals surface area contributed by atoms with Crippen LogP contribution in [0.2, 0.25) is 0 Å². The molecule has 1 aromatic heterocycles. The summed E-state index contributed by atoms with van der Waals surface area (Å²) in [6.45, 7) is 4.19. The molecule has 0 amide bonds. The Morgan fingerprint density at radius 1 is 1.24 bits per heavy atom. The first-order valence-electron chi connectivity index (χ1n) is 5.21. The van der Waals surface area contributed by atoms with Gasteiger partial charge in [-0.25, -0.2) is 0 Å². The normalized spacial score (nSPS) is 11.2. The van der Waals surface area contributed by atoms with Gasteiger partial charge in [0.2, 0.25) is 17.7 Å². The molecule has 0 saturated carbocycles. The second-order valence-electron chi connectivity index (χ2n) is 4.26. The van der Waals surface area contributed by atoms with Gasteiger partial charge in [0.25, 0.3) is 0 Å². The molecule has 0 saturated heterocycles. The number of nitrogens with zero attached hydrogens (tertiary/aromatic N) is 3. The number of alkyl halides is 1. The molecule has 0 radical (unpaired) electrons. The van der Waals surface area contributed by atoms with Gasteiger partial charge in [0.15, 0.2) is 0 Å². The zero-order valence-corrected chi connectivity index (χ0v) is 12.4. The minimum absolute atomic E-state index is 0.0998. The van der Waals surface area contributed by atoms with Gasteiger partial charge in [-0.1, -0.05) is 15.9 Å². The lowest BCUT2D eigenvalue weighted by Gasteiger charge is -2.34. The molecule has 0 spiro atoms. The maximum atomic E-state index is 5.12. The lowest BCUT2D eigenvalue weighted by atomic mass is 10.1. The Labute approximate surface area is 110 Å². The fourth-order valence-electron chi connectivity index (χ4n) is 1.11. The lowest BCUT2D eigenvalue weighted by Crippen LogP contribution is -2.43. The van der Waals surface area contributed by atoms with Gasteiger partial charge in [0, 0.05) is 17.9 Å². The lowest BCUT2D eigenvalue weighted by molar-refractivity contribution is 0.370. The summed E-state index contributed by atoms with van der Waals surface area (Å²) in [6.07, 6.45) is 0. The van der Waals surface area contributed by atoms with E-state index >= 15 is 0 Å². The third-order valence-electron chi connectivity index (χ3n) is 2.62. The summed E-state index contributed by atoms with van der Waals surface area (Å²) in [7, 11) is 5.08. The summed E-state index contributed by atoms with van der Waals surface area (Å²) < 4.78 is 10.2. The highest BCUT2D eigenvalue weighted by Gasteiger charge is 2.25. The zero-order valence-electron chi connectivity index (χ0n) is 10.8. The van der Waals surface area contributed by atoms with Crippen LogP contribution in [0.1, 0.15) is 13.8 Å². The van der Waals surface area contributed by atoms with Crippen molar-refractivity contribution in [3.63, 3.8) is 0 Å². The molecule has 1 heterocycles. The molecule has 0 atom stereocenters. The molecule has 1 aromatic rings. The highest BCUT2D eigenvalue weighted by atomic mass is 79.9. The molecule has 96 valence electrons. The Morgan fingerprint density at radius 2 is 1.71 bits per heavy atom. The predicted octanol–water partition coefficient (Wildman–Crippen LogP) is 2.10. The van der Waals surface area contributed by atoms with E-state index in [9.17, 15) is 0 Å². The van der Waals surface area contributed by atoms with E-state index in [0.29, 0.717) is 17.7 Å². The molecular formula is C11H18BrN3O2. The number of hydrogen-bond donors (Lipinski definition) is 0. The van der Waals surface area contributed by atoms with Crippen LogP contribution in [-0.4, -0.2) is 42.1 Å². The van der Waals surface area contributed by atoms with Crippen molar-refractivity contribution in [2.75, 3.05) is 31.5 Å². The molecule has 0 aliphatic heterocycles. The van der Waals surface area contributed by atoms with Crippen LogP contribution in [0.15, 0.2) is 6.07 Å². The van der Waals surface area contributed by atoms with Crippen molar-refractivity contribution in [3.05, 3.63) is 6.07 Å². The molecule has 0 N–H and O–H groups in total. The Balaban J connectivity index is 3.12. The smallest absolute Gasteiger partial charge is 0.232 e. The van der Waals surface area contributed by atoms with E-state index in [1.165, 1.54) is 0 Å². The molecule has 6 heteroatoms. The van der Waals surface area contributed by atoms with Crippen LogP contribution >= 0.6 is 15.9 Å². The summed E-state index contributed by atoms with van der Waals surface area (Å²) in [5.41, 5.74) is -0.0998. The molecule has 0 aliphatic rings. The van der Waals surface area contributed by atoms with Gasteiger partial charge >= 0.3 is 0 Å². The average Bonchev–Trinajstić information content (AvgIpc) is 2.36. The van der Waals surface area contributed by atoms with Crippen LogP contribution < -0.4 is 14.4 Å². The van der Waals surface area contributed by atoms with Gasteiger partial charge in [0.1, 0.15) is 0 Å². The van der Waals surface area contributed by atoms with E-state index in [4.69, 9.17) is 9.47 Å². The molecule has 0 unspecified atom stereocenters. The van der Waals surface area contributed by atoms with Gasteiger partial charge in [-0.3, -0.25) is 0 Å². The van der Waals surface area contributed by atoms with Gasteiger partial charge in [0.05, 0.1) is 20.3 Å². The average molecular weight is 304 g/mol. The van der Waals surface area contributed by atoms with Crippen LogP contribution in [-0.2, 0) is 0 Å². The quantitative estimate of drug-likeness (QED) is 0.780. The SMILES string of the molecule is COc1cc(OC)nc(N(C)C(C)(C)CBr)n1. The Morgan fingerprint density at radius 3 is 2.06 bits per heavy atom. The number of ether oxygens (including phenoxy) is 2. The van der Waals surface area contributed by atoms with E-state index in [-0.39, 0.29) is 5.54 Å². The van der Waals surface area contributed by atoms with Crippen molar-refractivity contribution in [3.8, 4) is 11.8 Å². The van der Waals surface area contributed by atoms with Crippen molar-refractivity contribution < 1.29 is 9.47 Å². The third-order valence-corrected chi connectivity index (χ3v) is 3.99. The monoisotopic (exact) mass is 303 g/mol. The predicted molar refractivity (Wildman–Crippen MR) is 71.4 cm³/mol. The second kappa shape index (κ2) is 5.53. The number of hydrogen-bond acceptors (Lipinski definition) is 5. The number of rotatable bonds is 5. The van der Waals surface area contributed by atoms with E-state index in [1.54, 1.807) is 20.3 Å². The largest absolute Gasteiger partial charge is 0.481 e. The van der Waals surface area contributed by atoms with E-state index < -0.39 is 0 Å². The molecule has 17 heavy (non-hydrogen) atoms. The maximum Gasteiger partial charge on any atom is 0.232 e. The molecular weight excluding hydrogens is 286 g/mol. The summed E-state index contributed by atoms with van der Waals surface area (Å²) >= 11 is 3.48. The van der Waals surface area contributed by atoms with Crippen molar-refractivity contribution in [2.24, 2.45) is 0 Å². The van der Waals surface area contributed by atoms with Crippen LogP contribution in [0.4, 0.5) is 5.95 Å². The minimum Gasteiger partial charge on any atom is -0.481 e. The summed E-state index contributed by atoms with van der Waals surface area (Å²) in [5.74, 6) is 1.55. The zero-order chi connectivity index (χ0) is 13.1. The van der Waals surface area contributed by atoms with Crippen molar-refractivity contribution in [2.45, 2.75) is 19.4 Å². The molecule has 0 aliphatic carbocycles. The fourth-order valence-corrected chi connectivity index (χ4v) is 1.49. The molecule has 5 nitrogen and oxygen atoms in total. The Hall–Kier alpha value is -1.04. The number of methoxy groups -OCH3 is 2. The first-order valence-corrected chi connectivity index (χ1v) is 6.33. The molecule has 0 aromatic carbocycles. The standard InChI is InChI=1S/C11H18BrN3O2/c1-11(2,7-12)15(3)10-13-8(16-4)6-9(14-10)17-5/h6H,7H2,1-5H3. The number of aromatic nitrogens is 2. The van der Waals surface area contributed by atoms with Crippen LogP contribution in [0.25, 0.3) is 0 Å². The molecule has 0 fully saturated rings. The van der Waals surface area contributed by atoms with Crippen molar-refractivity contribution in [1.82, 2.24) is 9.97 Å². The molecule has 0 bridgehead atoms. The van der Waals surface area contributed by atoms with Crippen LogP contribution in [0.3, 0.4) is 0 Å². The van der Waals surface area contributed by atoms with Gasteiger partial charge in [-0.15, -0.1) is 0 Å². The first-order chi connectivity index (χ1) is 7.94. The second-order valence-corrected chi connectivity index (χ2v) is 4.82. The van der Waals surface area contributed by atoms with Crippen molar-refractivity contribution >= 4 is 21.9 Å². The van der Waals surface area contributed by atoms with Crippen LogP contribution in [0.5, 0.6) is 11.8 Å². The highest BCUT2D eigenvalue weighted by Crippen LogP contribution is 2.25. The highest BCUT2D eigenvalue weighted by molar-refractivity contribution is 9.09. The Kier molecular flexibility index (Phi) is 4.56. The third kappa shape index (κ3) is 3.21. The van der Waals surface area contributed by atoms with E-state index in [2.05, 4.69) is 39.7 Å². The van der Waals surface area contributed by atoms with Crippen molar-refractivity contribution in [1.29, 1.82) is 0 Å². The van der Waals surface area contributed by atoms with Gasteiger partial charge < -0.3 is 14.4 Å².